The molecule has 1 atom stereocenters. The van der Waals surface area contributed by atoms with Gasteiger partial charge in [-0.25, -0.2) is 4.79 Å². The maximum absolute atomic E-state index is 12.6. The molecule has 0 fully saturated rings. The van der Waals surface area contributed by atoms with E-state index in [-0.39, 0.29) is 18.4 Å². The van der Waals surface area contributed by atoms with Crippen LogP contribution in [0.1, 0.15) is 30.9 Å². The topological polar surface area (TPSA) is 113 Å². The van der Waals surface area contributed by atoms with Gasteiger partial charge in [0, 0.05) is 22.4 Å². The van der Waals surface area contributed by atoms with Gasteiger partial charge in [-0.15, -0.1) is 0 Å². The Bertz CT molecular complexity index is 1370. The normalized spacial score (nSPS) is 12.2. The fourth-order valence-electron chi connectivity index (χ4n) is 3.90. The predicted molar refractivity (Wildman–Crippen MR) is 118 cm³/mol. The number of amides is 1. The summed E-state index contributed by atoms with van der Waals surface area (Å²) in [6.45, 7) is 3.56. The summed E-state index contributed by atoms with van der Waals surface area (Å²) in [5.41, 5.74) is 2.99. The number of carbonyl (C=O) groups excluding carboxylic acids is 2. The van der Waals surface area contributed by atoms with Gasteiger partial charge < -0.3 is 24.1 Å². The summed E-state index contributed by atoms with van der Waals surface area (Å²) >= 11 is 0. The van der Waals surface area contributed by atoms with Crippen molar-refractivity contribution in [2.45, 2.75) is 39.2 Å². The van der Waals surface area contributed by atoms with Crippen molar-refractivity contribution in [1.29, 1.82) is 0 Å². The molecule has 32 heavy (non-hydrogen) atoms. The second-order valence-corrected chi connectivity index (χ2v) is 7.76. The molecule has 2 heterocycles. The van der Waals surface area contributed by atoms with Crippen LogP contribution in [0.15, 0.2) is 62.4 Å². The highest BCUT2D eigenvalue weighted by Crippen LogP contribution is 2.34. The minimum Gasteiger partial charge on any atom is -0.548 e. The van der Waals surface area contributed by atoms with Crippen molar-refractivity contribution in [1.82, 2.24) is 5.32 Å². The molecule has 0 radical (unpaired) electrons. The van der Waals surface area contributed by atoms with E-state index in [1.54, 1.807) is 19.3 Å². The Morgan fingerprint density at radius 1 is 1.09 bits per heavy atom. The summed E-state index contributed by atoms with van der Waals surface area (Å²) in [5.74, 6) is -1.92. The smallest absolute Gasteiger partial charge is 0.340 e. The molecule has 4 aromatic rings. The Morgan fingerprint density at radius 3 is 2.53 bits per heavy atom. The van der Waals surface area contributed by atoms with Crippen LogP contribution < -0.4 is 16.0 Å². The van der Waals surface area contributed by atoms with Crippen LogP contribution in [0, 0.1) is 6.92 Å². The van der Waals surface area contributed by atoms with Crippen molar-refractivity contribution < 1.29 is 23.5 Å². The van der Waals surface area contributed by atoms with Gasteiger partial charge in [0.25, 0.3) is 0 Å². The molecule has 2 aromatic heterocycles. The summed E-state index contributed by atoms with van der Waals surface area (Å²) in [7, 11) is 0. The Balaban J connectivity index is 1.74. The SMILES string of the molecule is CCC[C@H](NC(=O)Cc1c(C)c2cc3c(-c4ccccc4)coc3cc2oc1=O)C(=O)[O-]. The molecule has 0 aliphatic heterocycles. The lowest BCUT2D eigenvalue weighted by Crippen LogP contribution is -2.48. The van der Waals surface area contributed by atoms with E-state index in [9.17, 15) is 19.5 Å². The van der Waals surface area contributed by atoms with E-state index in [0.29, 0.717) is 28.5 Å². The van der Waals surface area contributed by atoms with Crippen molar-refractivity contribution in [3.63, 3.8) is 0 Å². The van der Waals surface area contributed by atoms with Crippen LogP contribution in [0.5, 0.6) is 0 Å². The summed E-state index contributed by atoms with van der Waals surface area (Å²) in [4.78, 5) is 36.3. The number of carbonyl (C=O) groups is 2. The quantitative estimate of drug-likeness (QED) is 0.449. The van der Waals surface area contributed by atoms with Crippen molar-refractivity contribution in [2.75, 3.05) is 0 Å². The number of carboxylic acids is 1. The van der Waals surface area contributed by atoms with Crippen molar-refractivity contribution in [3.8, 4) is 11.1 Å². The van der Waals surface area contributed by atoms with Gasteiger partial charge in [-0.2, -0.15) is 0 Å². The zero-order valence-electron chi connectivity index (χ0n) is 17.8. The highest BCUT2D eigenvalue weighted by molar-refractivity contribution is 6.02. The van der Waals surface area contributed by atoms with Gasteiger partial charge >= 0.3 is 5.63 Å². The zero-order chi connectivity index (χ0) is 22.8. The van der Waals surface area contributed by atoms with Gasteiger partial charge in [0.05, 0.1) is 30.3 Å². The molecule has 7 nitrogen and oxygen atoms in total. The third-order valence-corrected chi connectivity index (χ3v) is 5.60. The molecule has 0 aliphatic carbocycles. The monoisotopic (exact) mass is 432 g/mol. The zero-order valence-corrected chi connectivity index (χ0v) is 17.8. The van der Waals surface area contributed by atoms with E-state index >= 15 is 0 Å². The molecule has 1 N–H and O–H groups in total. The van der Waals surface area contributed by atoms with Gasteiger partial charge in [-0.1, -0.05) is 43.7 Å². The third-order valence-electron chi connectivity index (χ3n) is 5.60. The lowest BCUT2D eigenvalue weighted by molar-refractivity contribution is -0.308. The summed E-state index contributed by atoms with van der Waals surface area (Å²) in [6.07, 6.45) is 2.20. The van der Waals surface area contributed by atoms with Gasteiger partial charge in [-0.3, -0.25) is 4.79 Å². The number of benzene rings is 2. The second kappa shape index (κ2) is 8.70. The minimum absolute atomic E-state index is 0.188. The molecule has 164 valence electrons. The van der Waals surface area contributed by atoms with Crippen LogP contribution in [0.4, 0.5) is 0 Å². The van der Waals surface area contributed by atoms with Crippen LogP contribution in [0.2, 0.25) is 0 Å². The highest BCUT2D eigenvalue weighted by Gasteiger charge is 2.19. The highest BCUT2D eigenvalue weighted by atomic mass is 16.4. The summed E-state index contributed by atoms with van der Waals surface area (Å²) in [5, 5.41) is 15.2. The Kier molecular flexibility index (Phi) is 5.81. The van der Waals surface area contributed by atoms with Crippen molar-refractivity contribution >= 4 is 33.8 Å². The molecule has 0 saturated carbocycles. The van der Waals surface area contributed by atoms with Crippen LogP contribution in [-0.4, -0.2) is 17.9 Å². The molecule has 0 bridgehead atoms. The summed E-state index contributed by atoms with van der Waals surface area (Å²) in [6, 6.07) is 12.2. The van der Waals surface area contributed by atoms with E-state index < -0.39 is 23.5 Å². The fourth-order valence-corrected chi connectivity index (χ4v) is 3.90. The lowest BCUT2D eigenvalue weighted by Gasteiger charge is -2.19. The number of rotatable bonds is 7. The van der Waals surface area contributed by atoms with E-state index in [1.807, 2.05) is 43.3 Å². The first-order valence-corrected chi connectivity index (χ1v) is 10.4. The predicted octanol–water partition coefficient (Wildman–Crippen LogP) is 3.09. The maximum Gasteiger partial charge on any atom is 0.340 e. The first-order valence-electron chi connectivity index (χ1n) is 10.4. The largest absolute Gasteiger partial charge is 0.548 e. The van der Waals surface area contributed by atoms with E-state index in [1.165, 1.54) is 0 Å². The number of fused-ring (bicyclic) bond motifs is 2. The molecule has 1 amide bonds. The fraction of sp³-hybridized carbons (Fsp3) is 0.240. The van der Waals surface area contributed by atoms with E-state index in [0.717, 1.165) is 16.5 Å². The van der Waals surface area contributed by atoms with Crippen LogP contribution in [0.25, 0.3) is 33.1 Å². The van der Waals surface area contributed by atoms with Crippen molar-refractivity contribution in [2.24, 2.45) is 0 Å². The third kappa shape index (κ3) is 4.01. The molecule has 0 spiro atoms. The first kappa shape index (κ1) is 21.4. The number of nitrogens with one attached hydrogen (secondary N) is 1. The number of carboxylic acid groups (broad SMARTS) is 1. The van der Waals surface area contributed by atoms with Crippen molar-refractivity contribution in [3.05, 3.63) is 70.3 Å². The van der Waals surface area contributed by atoms with Crippen LogP contribution >= 0.6 is 0 Å². The van der Waals surface area contributed by atoms with Gasteiger partial charge in [0.1, 0.15) is 11.2 Å². The number of furan rings is 1. The van der Waals surface area contributed by atoms with Gasteiger partial charge in [0.2, 0.25) is 5.91 Å². The van der Waals surface area contributed by atoms with Crippen LogP contribution in [0.3, 0.4) is 0 Å². The second-order valence-electron chi connectivity index (χ2n) is 7.76. The Hall–Kier alpha value is -3.87. The molecule has 2 aromatic carbocycles. The number of hydrogen-bond donors (Lipinski definition) is 1. The Morgan fingerprint density at radius 2 is 1.84 bits per heavy atom. The standard InChI is InChI=1S/C25H23NO6/c1-3-7-20(24(28)29)26-23(27)11-17-14(2)16-10-18-19(15-8-5-4-6-9-15)13-31-21(18)12-22(16)32-25(17)30/h4-6,8-10,12-13,20H,3,7,11H2,1-2H3,(H,26,27)(H,28,29)/p-1/t20-/m0/s1. The average Bonchev–Trinajstić information content (AvgIpc) is 3.18. The minimum atomic E-state index is -1.35. The molecular formula is C25H22NO6-. The molecule has 0 unspecified atom stereocenters. The molecule has 4 rings (SSSR count). The van der Waals surface area contributed by atoms with E-state index in [2.05, 4.69) is 5.32 Å². The lowest BCUT2D eigenvalue weighted by atomic mass is 9.99. The van der Waals surface area contributed by atoms with Gasteiger partial charge in [-0.05, 0) is 30.5 Å². The molecule has 7 heteroatoms. The molecular weight excluding hydrogens is 410 g/mol. The summed E-state index contributed by atoms with van der Waals surface area (Å²) < 4.78 is 11.2. The van der Waals surface area contributed by atoms with Gasteiger partial charge in [0.15, 0.2) is 0 Å². The Labute approximate surface area is 183 Å². The number of aliphatic carboxylic acids is 1. The maximum atomic E-state index is 12.6. The molecule has 0 aliphatic rings. The van der Waals surface area contributed by atoms with E-state index in [4.69, 9.17) is 8.83 Å². The number of aryl methyl sites for hydroxylation is 1. The first-order chi connectivity index (χ1) is 15.4. The number of hydrogen-bond acceptors (Lipinski definition) is 6. The molecule has 0 saturated heterocycles. The average molecular weight is 432 g/mol. The van der Waals surface area contributed by atoms with Crippen LogP contribution in [-0.2, 0) is 16.0 Å².